The minimum atomic E-state index is -2.93. The van der Waals surface area contributed by atoms with Crippen molar-refractivity contribution in [1.82, 2.24) is 13.5 Å². The Hall–Kier alpha value is -7.44. The van der Waals surface area contributed by atoms with Gasteiger partial charge in [0.25, 0.3) is 0 Å². The van der Waals surface area contributed by atoms with Gasteiger partial charge >= 0.3 is 0 Å². The Morgan fingerprint density at radius 3 is 1.62 bits per heavy atom. The molecule has 13 aromatic rings. The predicted molar refractivity (Wildman–Crippen MR) is 263 cm³/mol. The fourth-order valence-corrected chi connectivity index (χ4v) is 17.0. The Morgan fingerprint density at radius 2 is 0.902 bits per heavy atom. The first kappa shape index (κ1) is 34.4. The summed E-state index contributed by atoms with van der Waals surface area (Å²) in [7, 11) is -2.93. The van der Waals surface area contributed by atoms with Crippen molar-refractivity contribution in [2.75, 3.05) is 0 Å². The lowest BCUT2D eigenvalue weighted by Crippen LogP contribution is -2.74. The first-order chi connectivity index (χ1) is 30.3. The highest BCUT2D eigenvalue weighted by Crippen LogP contribution is 2.37. The van der Waals surface area contributed by atoms with E-state index < -0.39 is 8.07 Å². The van der Waals surface area contributed by atoms with E-state index in [4.69, 9.17) is 0 Å². The van der Waals surface area contributed by atoms with Crippen molar-refractivity contribution in [1.29, 1.82) is 0 Å². The lowest BCUT2D eigenvalue weighted by Gasteiger charge is -2.35. The summed E-state index contributed by atoms with van der Waals surface area (Å²) in [4.78, 5) is 0. The zero-order valence-electron chi connectivity index (χ0n) is 33.1. The van der Waals surface area contributed by atoms with Crippen molar-refractivity contribution in [3.63, 3.8) is 0 Å². The molecule has 0 amide bonds. The van der Waals surface area contributed by atoms with Crippen LogP contribution in [0.15, 0.2) is 224 Å². The van der Waals surface area contributed by atoms with Crippen LogP contribution in [0.25, 0.3) is 80.9 Å². The van der Waals surface area contributed by atoms with Gasteiger partial charge in [0.2, 0.25) is 0 Å². The highest BCUT2D eigenvalue weighted by molar-refractivity contribution is 7.30. The molecule has 4 aromatic heterocycles. The fraction of sp³-hybridized carbons (Fsp3) is 0. The summed E-state index contributed by atoms with van der Waals surface area (Å²) in [5.74, 6) is 0. The molecule has 0 atom stereocenters. The molecule has 0 fully saturated rings. The van der Waals surface area contributed by atoms with Gasteiger partial charge in [0.15, 0.2) is 8.07 Å². The van der Waals surface area contributed by atoms with Gasteiger partial charge in [0.1, 0.15) is 5.65 Å². The summed E-state index contributed by atoms with van der Waals surface area (Å²) in [6.45, 7) is 0. The third-order valence-corrected chi connectivity index (χ3v) is 19.2. The monoisotopic (exact) mass is 811 g/mol. The van der Waals surface area contributed by atoms with Gasteiger partial charge in [0, 0.05) is 47.7 Å². The molecule has 9 aromatic carbocycles. The second-order valence-electron chi connectivity index (χ2n) is 16.1. The summed E-state index contributed by atoms with van der Waals surface area (Å²) < 4.78 is 10.1. The molecule has 61 heavy (non-hydrogen) atoms. The van der Waals surface area contributed by atoms with Crippen molar-refractivity contribution in [2.24, 2.45) is 0 Å². The largest absolute Gasteiger partial charge is 0.309 e. The SMILES string of the molecule is c1ccc([Si](c2ccccc2)(c2cccc(-n3c4ccccc4n4c5cc(-n6c7ccccc7c7ccccc76)ccc5cc34)c2)c2cccc3c2sc2ccccc23)cc1. The Morgan fingerprint density at radius 1 is 0.344 bits per heavy atom. The second kappa shape index (κ2) is 13.3. The van der Waals surface area contributed by atoms with Gasteiger partial charge in [0.05, 0.1) is 27.6 Å². The average molecular weight is 812 g/mol. The summed E-state index contributed by atoms with van der Waals surface area (Å²) >= 11 is 1.93. The molecule has 0 bridgehead atoms. The van der Waals surface area contributed by atoms with Crippen LogP contribution in [0.2, 0.25) is 0 Å². The summed E-state index contributed by atoms with van der Waals surface area (Å²) in [5.41, 5.74) is 9.43. The maximum Gasteiger partial charge on any atom is 0.181 e. The number of rotatable bonds is 6. The highest BCUT2D eigenvalue weighted by Gasteiger charge is 2.43. The number of benzene rings is 9. The Balaban J connectivity index is 1.08. The molecule has 4 heterocycles. The Labute approximate surface area is 357 Å². The lowest BCUT2D eigenvalue weighted by molar-refractivity contribution is 1.15. The van der Waals surface area contributed by atoms with Crippen molar-refractivity contribution in [3.05, 3.63) is 224 Å². The number of imidazole rings is 1. The number of nitrogens with zero attached hydrogens (tertiary/aromatic N) is 3. The third kappa shape index (κ3) is 4.90. The van der Waals surface area contributed by atoms with Gasteiger partial charge in [-0.15, -0.1) is 11.3 Å². The molecule has 0 N–H and O–H groups in total. The van der Waals surface area contributed by atoms with Crippen molar-refractivity contribution in [3.8, 4) is 11.4 Å². The molecule has 286 valence electrons. The van der Waals surface area contributed by atoms with Gasteiger partial charge in [-0.1, -0.05) is 164 Å². The van der Waals surface area contributed by atoms with Crippen molar-refractivity contribution in [2.45, 2.75) is 0 Å². The van der Waals surface area contributed by atoms with Gasteiger partial charge in [-0.2, -0.15) is 0 Å². The normalized spacial score (nSPS) is 12.3. The van der Waals surface area contributed by atoms with E-state index in [0.29, 0.717) is 0 Å². The van der Waals surface area contributed by atoms with E-state index in [1.807, 2.05) is 11.3 Å². The van der Waals surface area contributed by atoms with Crippen LogP contribution in [0.5, 0.6) is 0 Å². The number of hydrogen-bond donors (Lipinski definition) is 0. The standard InChI is InChI=1S/C56H37N3SSi/c1-3-18-41(19-4-1)61(42-20-5-2-6-21-42,54-32-16-26-47-46-25-9-14-31-53(46)60-56(47)54)43-22-15-17-39(36-43)58-50-29-12-13-30-51(50)59-52-37-40(34-33-38(52)35-55(58)59)57-48-27-10-7-23-44(48)45-24-8-11-28-49(45)57/h1-37H. The van der Waals surface area contributed by atoms with E-state index in [9.17, 15) is 0 Å². The van der Waals surface area contributed by atoms with Gasteiger partial charge in [-0.05, 0) is 81.4 Å². The van der Waals surface area contributed by atoms with Crippen LogP contribution in [0.3, 0.4) is 0 Å². The predicted octanol–water partition coefficient (Wildman–Crippen LogP) is 11.9. The smallest absolute Gasteiger partial charge is 0.181 e. The molecule has 0 unspecified atom stereocenters. The first-order valence-electron chi connectivity index (χ1n) is 20.9. The van der Waals surface area contributed by atoms with Crippen molar-refractivity contribution < 1.29 is 0 Å². The van der Waals surface area contributed by atoms with Crippen LogP contribution in [-0.4, -0.2) is 21.6 Å². The van der Waals surface area contributed by atoms with Gasteiger partial charge in [-0.3, -0.25) is 8.97 Å². The number of para-hydroxylation sites is 4. The molecular formula is C56H37N3SSi. The molecule has 5 heteroatoms. The summed E-state index contributed by atoms with van der Waals surface area (Å²) in [5, 5.41) is 11.9. The van der Waals surface area contributed by atoms with Crippen LogP contribution in [0.1, 0.15) is 0 Å². The first-order valence-corrected chi connectivity index (χ1v) is 23.7. The second-order valence-corrected chi connectivity index (χ2v) is 20.9. The molecule has 0 aliphatic carbocycles. The number of hydrogen-bond acceptors (Lipinski definition) is 1. The van der Waals surface area contributed by atoms with E-state index >= 15 is 0 Å². The Bertz CT molecular complexity index is 3740. The summed E-state index contributed by atoms with van der Waals surface area (Å²) in [6.07, 6.45) is 0. The molecule has 0 aliphatic rings. The lowest BCUT2D eigenvalue weighted by atomic mass is 10.1. The zero-order valence-corrected chi connectivity index (χ0v) is 34.9. The van der Waals surface area contributed by atoms with E-state index in [-0.39, 0.29) is 0 Å². The van der Waals surface area contributed by atoms with E-state index in [0.717, 1.165) is 17.0 Å². The van der Waals surface area contributed by atoms with E-state index in [1.165, 1.54) is 84.7 Å². The topological polar surface area (TPSA) is 14.3 Å². The van der Waals surface area contributed by atoms with Crippen LogP contribution < -0.4 is 20.7 Å². The van der Waals surface area contributed by atoms with Crippen molar-refractivity contribution >= 4 is 110 Å². The number of fused-ring (bicyclic) bond motifs is 11. The maximum absolute atomic E-state index is 2.93. The van der Waals surface area contributed by atoms with Gasteiger partial charge < -0.3 is 4.57 Å². The quantitative estimate of drug-likeness (QED) is 0.117. The zero-order chi connectivity index (χ0) is 40.1. The number of aromatic nitrogens is 3. The minimum absolute atomic E-state index is 1.14. The fourth-order valence-electron chi connectivity index (χ4n) is 10.4. The van der Waals surface area contributed by atoms with Crippen LogP contribution in [0.4, 0.5) is 0 Å². The molecule has 0 saturated heterocycles. The Kier molecular flexibility index (Phi) is 7.50. The highest BCUT2D eigenvalue weighted by atomic mass is 32.1. The molecule has 0 aliphatic heterocycles. The maximum atomic E-state index is 2.51. The average Bonchev–Trinajstić information content (AvgIpc) is 4.07. The van der Waals surface area contributed by atoms with Crippen LogP contribution in [-0.2, 0) is 0 Å². The number of thiophene rings is 1. The third-order valence-electron chi connectivity index (χ3n) is 13.0. The molecule has 13 rings (SSSR count). The van der Waals surface area contributed by atoms with Crippen LogP contribution >= 0.6 is 11.3 Å². The summed E-state index contributed by atoms with van der Waals surface area (Å²) in [6, 6.07) is 83.8. The van der Waals surface area contributed by atoms with Crippen LogP contribution in [0, 0.1) is 0 Å². The minimum Gasteiger partial charge on any atom is -0.309 e. The molecule has 0 spiro atoms. The molecule has 0 saturated carbocycles. The van der Waals surface area contributed by atoms with E-state index in [2.05, 4.69) is 238 Å². The van der Waals surface area contributed by atoms with E-state index in [1.54, 1.807) is 0 Å². The van der Waals surface area contributed by atoms with Gasteiger partial charge in [-0.25, -0.2) is 0 Å². The molecular weight excluding hydrogens is 775 g/mol. The molecule has 0 radical (unpaired) electrons. The molecule has 3 nitrogen and oxygen atoms in total.